The summed E-state index contributed by atoms with van der Waals surface area (Å²) in [6, 6.07) is 20.3. The summed E-state index contributed by atoms with van der Waals surface area (Å²) in [5.41, 5.74) is 6.45. The Morgan fingerprint density at radius 2 is 1.61 bits per heavy atom. The van der Waals surface area contributed by atoms with Crippen LogP contribution in [-0.4, -0.2) is 49.7 Å². The molecule has 0 aliphatic carbocycles. The summed E-state index contributed by atoms with van der Waals surface area (Å²) in [6.07, 6.45) is -0.0646. The maximum Gasteiger partial charge on any atom is 0.323 e. The number of rotatable bonds is 10. The van der Waals surface area contributed by atoms with Crippen LogP contribution in [0.25, 0.3) is 0 Å². The summed E-state index contributed by atoms with van der Waals surface area (Å²) >= 11 is 0. The van der Waals surface area contributed by atoms with Crippen molar-refractivity contribution < 1.29 is 9.90 Å². The lowest BCUT2D eigenvalue weighted by atomic mass is 10.1. The summed E-state index contributed by atoms with van der Waals surface area (Å²) in [4.78, 5) is 21.4. The van der Waals surface area contributed by atoms with Crippen LogP contribution >= 0.6 is 0 Å². The monoisotopic (exact) mass is 515 g/mol. The fraction of sp³-hybridized carbons (Fsp3) is 0.276. The molecule has 3 rings (SSSR count). The zero-order valence-corrected chi connectivity index (χ0v) is 22.6. The van der Waals surface area contributed by atoms with Gasteiger partial charge in [-0.05, 0) is 79.9 Å². The van der Waals surface area contributed by atoms with Crippen molar-refractivity contribution in [3.05, 3.63) is 83.4 Å². The van der Waals surface area contributed by atoms with E-state index >= 15 is 0 Å². The SMILES string of the molecule is CCCN=C(C)c1cccc(NC(=O)Nc2ccc(C)c(NC(O)Nc3ccc(C(=NC)NC)cc3)c2)c1. The number of amidine groups is 1. The van der Waals surface area contributed by atoms with Gasteiger partial charge < -0.3 is 31.7 Å². The van der Waals surface area contributed by atoms with E-state index < -0.39 is 6.35 Å². The molecule has 0 aliphatic heterocycles. The van der Waals surface area contributed by atoms with Crippen LogP contribution in [0.4, 0.5) is 27.5 Å². The molecular formula is C29H37N7O2. The summed E-state index contributed by atoms with van der Waals surface area (Å²) in [5.74, 6) is 0.780. The van der Waals surface area contributed by atoms with Gasteiger partial charge in [0.1, 0.15) is 5.84 Å². The first kappa shape index (κ1) is 28.2. The molecule has 3 aromatic carbocycles. The minimum atomic E-state index is -1.05. The van der Waals surface area contributed by atoms with Crippen LogP contribution in [0.3, 0.4) is 0 Å². The van der Waals surface area contributed by atoms with E-state index in [2.05, 4.69) is 43.5 Å². The molecule has 200 valence electrons. The van der Waals surface area contributed by atoms with Gasteiger partial charge in [-0.2, -0.15) is 0 Å². The van der Waals surface area contributed by atoms with Crippen LogP contribution < -0.4 is 26.6 Å². The number of carbonyl (C=O) groups excluding carboxylic acids is 1. The molecular weight excluding hydrogens is 478 g/mol. The highest BCUT2D eigenvalue weighted by Gasteiger charge is 2.10. The fourth-order valence-corrected chi connectivity index (χ4v) is 3.79. The lowest BCUT2D eigenvalue weighted by molar-refractivity contribution is 0.233. The normalized spacial score (nSPS) is 12.5. The number of aliphatic imine (C=N–C) groups is 2. The van der Waals surface area contributed by atoms with Crippen LogP contribution in [0.15, 0.2) is 76.7 Å². The molecule has 3 aromatic rings. The van der Waals surface area contributed by atoms with Crippen LogP contribution in [0.2, 0.25) is 0 Å². The number of amides is 2. The Morgan fingerprint density at radius 3 is 2.26 bits per heavy atom. The Hall–Kier alpha value is -4.37. The number of nitrogens with one attached hydrogen (secondary N) is 5. The maximum absolute atomic E-state index is 12.7. The molecule has 0 heterocycles. The van der Waals surface area contributed by atoms with Gasteiger partial charge in [-0.25, -0.2) is 4.79 Å². The molecule has 0 saturated carbocycles. The molecule has 6 N–H and O–H groups in total. The second-order valence-corrected chi connectivity index (χ2v) is 8.75. The highest BCUT2D eigenvalue weighted by molar-refractivity contribution is 6.03. The largest absolute Gasteiger partial charge is 0.373 e. The summed E-state index contributed by atoms with van der Waals surface area (Å²) in [5, 5.41) is 25.4. The third-order valence-corrected chi connectivity index (χ3v) is 5.82. The summed E-state index contributed by atoms with van der Waals surface area (Å²) in [6.45, 7) is 6.75. The van der Waals surface area contributed by atoms with E-state index in [1.54, 1.807) is 13.1 Å². The van der Waals surface area contributed by atoms with Crippen molar-refractivity contribution in [3.8, 4) is 0 Å². The van der Waals surface area contributed by atoms with E-state index in [0.717, 1.165) is 46.9 Å². The quantitative estimate of drug-likeness (QED) is 0.125. The van der Waals surface area contributed by atoms with Crippen LogP contribution in [0, 0.1) is 6.92 Å². The molecule has 1 unspecified atom stereocenters. The lowest BCUT2D eigenvalue weighted by Crippen LogP contribution is -2.28. The number of nitrogens with zero attached hydrogens (tertiary/aromatic N) is 2. The molecule has 0 spiro atoms. The number of anilines is 4. The number of urea groups is 1. The van der Waals surface area contributed by atoms with Gasteiger partial charge in [0.05, 0.1) is 0 Å². The number of hydrogen-bond acceptors (Lipinski definition) is 6. The summed E-state index contributed by atoms with van der Waals surface area (Å²) in [7, 11) is 3.55. The van der Waals surface area contributed by atoms with E-state index in [0.29, 0.717) is 17.1 Å². The molecule has 2 amide bonds. The maximum atomic E-state index is 12.7. The van der Waals surface area contributed by atoms with E-state index in [-0.39, 0.29) is 6.03 Å². The Balaban J connectivity index is 1.61. The van der Waals surface area contributed by atoms with Crippen molar-refractivity contribution in [3.63, 3.8) is 0 Å². The second-order valence-electron chi connectivity index (χ2n) is 8.75. The van der Waals surface area contributed by atoms with E-state index in [9.17, 15) is 9.90 Å². The molecule has 9 nitrogen and oxygen atoms in total. The molecule has 9 heteroatoms. The Kier molecular flexibility index (Phi) is 10.2. The zero-order chi connectivity index (χ0) is 27.5. The van der Waals surface area contributed by atoms with Crippen LogP contribution in [-0.2, 0) is 0 Å². The molecule has 0 radical (unpaired) electrons. The predicted molar refractivity (Wildman–Crippen MR) is 159 cm³/mol. The van der Waals surface area contributed by atoms with Gasteiger partial charge in [-0.1, -0.05) is 25.1 Å². The van der Waals surface area contributed by atoms with E-state index in [1.165, 1.54) is 0 Å². The average molecular weight is 516 g/mol. The number of carbonyl (C=O) groups is 1. The van der Waals surface area contributed by atoms with Gasteiger partial charge in [0, 0.05) is 54.7 Å². The number of aryl methyl sites for hydroxylation is 1. The van der Waals surface area contributed by atoms with Crippen molar-refractivity contribution in [2.45, 2.75) is 33.5 Å². The van der Waals surface area contributed by atoms with Crippen molar-refractivity contribution in [1.29, 1.82) is 0 Å². The van der Waals surface area contributed by atoms with Gasteiger partial charge in [-0.3, -0.25) is 9.98 Å². The van der Waals surface area contributed by atoms with Gasteiger partial charge in [-0.15, -0.1) is 0 Å². The topological polar surface area (TPSA) is 122 Å². The van der Waals surface area contributed by atoms with E-state index in [1.807, 2.05) is 81.6 Å². The smallest absolute Gasteiger partial charge is 0.323 e. The minimum Gasteiger partial charge on any atom is -0.373 e. The van der Waals surface area contributed by atoms with Crippen molar-refractivity contribution in [2.24, 2.45) is 9.98 Å². The number of aliphatic hydroxyl groups excluding tert-OH is 1. The number of hydrogen-bond donors (Lipinski definition) is 6. The fourth-order valence-electron chi connectivity index (χ4n) is 3.79. The van der Waals surface area contributed by atoms with Crippen molar-refractivity contribution >= 4 is 40.3 Å². The third-order valence-electron chi connectivity index (χ3n) is 5.82. The Bertz CT molecular complexity index is 1290. The predicted octanol–water partition coefficient (Wildman–Crippen LogP) is 5.25. The molecule has 1 atom stereocenters. The third kappa shape index (κ3) is 8.07. The van der Waals surface area contributed by atoms with E-state index in [4.69, 9.17) is 0 Å². The van der Waals surface area contributed by atoms with Gasteiger partial charge >= 0.3 is 6.03 Å². The summed E-state index contributed by atoms with van der Waals surface area (Å²) < 4.78 is 0. The van der Waals surface area contributed by atoms with Crippen LogP contribution in [0.1, 0.15) is 37.0 Å². The van der Waals surface area contributed by atoms with Crippen molar-refractivity contribution in [2.75, 3.05) is 41.9 Å². The highest BCUT2D eigenvalue weighted by Crippen LogP contribution is 2.22. The van der Waals surface area contributed by atoms with Gasteiger partial charge in [0.2, 0.25) is 6.35 Å². The lowest BCUT2D eigenvalue weighted by Gasteiger charge is -2.19. The standard InChI is InChI=1S/C29H37N7O2/c1-6-16-32-20(3)22-8-7-9-24(17-22)34-28(37)35-25-13-10-19(2)26(18-25)36-29(38)33-23-14-11-21(12-15-23)27(30-4)31-5/h7-15,17-18,29,33,36,38H,6,16H2,1-5H3,(H,30,31)(H2,34,35,37). The zero-order valence-electron chi connectivity index (χ0n) is 22.6. The average Bonchev–Trinajstić information content (AvgIpc) is 2.91. The first-order valence-electron chi connectivity index (χ1n) is 12.6. The highest BCUT2D eigenvalue weighted by atomic mass is 16.3. The van der Waals surface area contributed by atoms with Gasteiger partial charge in [0.15, 0.2) is 0 Å². The first-order valence-corrected chi connectivity index (χ1v) is 12.6. The number of aliphatic hydroxyl groups is 1. The Morgan fingerprint density at radius 1 is 0.921 bits per heavy atom. The second kappa shape index (κ2) is 13.8. The van der Waals surface area contributed by atoms with Gasteiger partial charge in [0.25, 0.3) is 0 Å². The van der Waals surface area contributed by atoms with Crippen LogP contribution in [0.5, 0.6) is 0 Å². The molecule has 0 aliphatic rings. The molecule has 0 aromatic heterocycles. The molecule has 0 bridgehead atoms. The minimum absolute atomic E-state index is 0.365. The molecule has 38 heavy (non-hydrogen) atoms. The molecule has 0 fully saturated rings. The van der Waals surface area contributed by atoms with Crippen molar-refractivity contribution in [1.82, 2.24) is 5.32 Å². The number of benzene rings is 3. The Labute approximate surface area is 224 Å². The first-order chi connectivity index (χ1) is 18.3. The molecule has 0 saturated heterocycles.